The van der Waals surface area contributed by atoms with Crippen molar-refractivity contribution in [3.05, 3.63) is 58.7 Å². The summed E-state index contributed by atoms with van der Waals surface area (Å²) in [7, 11) is 0. The summed E-state index contributed by atoms with van der Waals surface area (Å²) in [6.07, 6.45) is -0.820. The van der Waals surface area contributed by atoms with E-state index in [-0.39, 0.29) is 5.69 Å². The van der Waals surface area contributed by atoms with Gasteiger partial charge in [0.1, 0.15) is 17.4 Å². The van der Waals surface area contributed by atoms with Gasteiger partial charge >= 0.3 is 0 Å². The quantitative estimate of drug-likeness (QED) is 0.912. The zero-order valence-corrected chi connectivity index (χ0v) is 13.5. The Kier molecular flexibility index (Phi) is 4.98. The Balaban J connectivity index is 2.11. The van der Waals surface area contributed by atoms with Gasteiger partial charge in [-0.1, -0.05) is 6.07 Å². The average molecular weight is 319 g/mol. The van der Waals surface area contributed by atoms with E-state index in [9.17, 15) is 13.6 Å². The summed E-state index contributed by atoms with van der Waals surface area (Å²) in [5, 5.41) is 2.40. The van der Waals surface area contributed by atoms with Crippen molar-refractivity contribution in [3.63, 3.8) is 0 Å². The minimum absolute atomic E-state index is 0.0796. The van der Waals surface area contributed by atoms with Gasteiger partial charge in [-0.25, -0.2) is 8.78 Å². The zero-order valence-electron chi connectivity index (χ0n) is 13.5. The number of rotatable bonds is 4. The molecule has 0 saturated carbocycles. The molecule has 0 aliphatic heterocycles. The highest BCUT2D eigenvalue weighted by Crippen LogP contribution is 2.24. The van der Waals surface area contributed by atoms with E-state index in [4.69, 9.17) is 4.74 Å². The lowest BCUT2D eigenvalue weighted by molar-refractivity contribution is -0.122. The molecule has 5 heteroatoms. The molecule has 1 atom stereocenters. The van der Waals surface area contributed by atoms with E-state index < -0.39 is 23.6 Å². The van der Waals surface area contributed by atoms with Crippen LogP contribution in [0, 0.1) is 32.4 Å². The summed E-state index contributed by atoms with van der Waals surface area (Å²) >= 11 is 0. The van der Waals surface area contributed by atoms with Gasteiger partial charge < -0.3 is 10.1 Å². The Hall–Kier alpha value is -2.43. The Bertz CT molecular complexity index is 744. The third-order valence-corrected chi connectivity index (χ3v) is 3.63. The molecule has 0 radical (unpaired) electrons. The van der Waals surface area contributed by atoms with Crippen LogP contribution in [0.1, 0.15) is 23.6 Å². The number of hydrogen-bond donors (Lipinski definition) is 1. The summed E-state index contributed by atoms with van der Waals surface area (Å²) in [4.78, 5) is 12.1. The van der Waals surface area contributed by atoms with E-state index in [1.807, 2.05) is 32.9 Å². The molecule has 0 aliphatic carbocycles. The van der Waals surface area contributed by atoms with Crippen LogP contribution in [-0.4, -0.2) is 12.0 Å². The molecule has 0 aromatic heterocycles. The van der Waals surface area contributed by atoms with E-state index in [2.05, 4.69) is 5.32 Å². The maximum absolute atomic E-state index is 13.6. The van der Waals surface area contributed by atoms with Crippen molar-refractivity contribution in [1.82, 2.24) is 0 Å². The molecule has 2 aromatic rings. The van der Waals surface area contributed by atoms with Crippen LogP contribution in [0.15, 0.2) is 30.3 Å². The van der Waals surface area contributed by atoms with Gasteiger partial charge in [0.2, 0.25) is 0 Å². The maximum atomic E-state index is 13.6. The monoisotopic (exact) mass is 319 g/mol. The predicted molar refractivity (Wildman–Crippen MR) is 85.7 cm³/mol. The van der Waals surface area contributed by atoms with Gasteiger partial charge in [0, 0.05) is 6.07 Å². The highest BCUT2D eigenvalue weighted by Gasteiger charge is 2.18. The van der Waals surface area contributed by atoms with Crippen molar-refractivity contribution < 1.29 is 18.3 Å². The second kappa shape index (κ2) is 6.77. The van der Waals surface area contributed by atoms with Gasteiger partial charge in [0.05, 0.1) is 5.69 Å². The molecule has 0 aliphatic rings. The van der Waals surface area contributed by atoms with Crippen molar-refractivity contribution in [2.24, 2.45) is 0 Å². The van der Waals surface area contributed by atoms with Crippen LogP contribution in [0.3, 0.4) is 0 Å². The largest absolute Gasteiger partial charge is 0.481 e. The van der Waals surface area contributed by atoms with Crippen LogP contribution in [0.2, 0.25) is 0 Å². The van der Waals surface area contributed by atoms with E-state index >= 15 is 0 Å². The fourth-order valence-electron chi connectivity index (χ4n) is 2.19. The Morgan fingerprint density at radius 3 is 2.48 bits per heavy atom. The Morgan fingerprint density at radius 1 is 1.13 bits per heavy atom. The van der Waals surface area contributed by atoms with Crippen molar-refractivity contribution in [1.29, 1.82) is 0 Å². The third-order valence-electron chi connectivity index (χ3n) is 3.63. The Labute approximate surface area is 134 Å². The second-order valence-electron chi connectivity index (χ2n) is 5.58. The fraction of sp³-hybridized carbons (Fsp3) is 0.278. The number of benzene rings is 2. The zero-order chi connectivity index (χ0) is 17.1. The highest BCUT2D eigenvalue weighted by molar-refractivity contribution is 5.94. The first-order chi connectivity index (χ1) is 10.8. The van der Waals surface area contributed by atoms with E-state index in [0.29, 0.717) is 5.75 Å². The van der Waals surface area contributed by atoms with E-state index in [0.717, 1.165) is 28.8 Å². The summed E-state index contributed by atoms with van der Waals surface area (Å²) < 4.78 is 32.1. The molecule has 3 nitrogen and oxygen atoms in total. The lowest BCUT2D eigenvalue weighted by Gasteiger charge is -2.18. The minimum Gasteiger partial charge on any atom is -0.481 e. The van der Waals surface area contributed by atoms with Gasteiger partial charge in [0.25, 0.3) is 5.91 Å². The lowest BCUT2D eigenvalue weighted by Crippen LogP contribution is -2.30. The molecule has 122 valence electrons. The summed E-state index contributed by atoms with van der Waals surface area (Å²) in [6.45, 7) is 7.40. The van der Waals surface area contributed by atoms with Crippen molar-refractivity contribution in [2.45, 2.75) is 33.8 Å². The first-order valence-corrected chi connectivity index (χ1v) is 7.28. The number of anilines is 1. The van der Waals surface area contributed by atoms with Gasteiger partial charge in [0.15, 0.2) is 6.10 Å². The molecule has 0 unspecified atom stereocenters. The minimum atomic E-state index is -0.826. The van der Waals surface area contributed by atoms with Gasteiger partial charge in [-0.05, 0) is 62.6 Å². The van der Waals surface area contributed by atoms with Gasteiger partial charge in [-0.3, -0.25) is 4.79 Å². The van der Waals surface area contributed by atoms with Crippen LogP contribution in [0.25, 0.3) is 0 Å². The number of nitrogens with one attached hydrogen (secondary N) is 1. The number of hydrogen-bond acceptors (Lipinski definition) is 2. The molecule has 0 saturated heterocycles. The normalized spacial score (nSPS) is 11.9. The molecule has 2 rings (SSSR count). The molecular formula is C18H19F2NO2. The van der Waals surface area contributed by atoms with E-state index in [1.165, 1.54) is 6.07 Å². The second-order valence-corrected chi connectivity index (χ2v) is 5.58. The van der Waals surface area contributed by atoms with Gasteiger partial charge in [-0.2, -0.15) is 0 Å². The van der Waals surface area contributed by atoms with Crippen LogP contribution < -0.4 is 10.1 Å². The number of halogens is 2. The first-order valence-electron chi connectivity index (χ1n) is 7.28. The number of carbonyl (C=O) groups excluding carboxylic acids is 1. The molecule has 1 N–H and O–H groups in total. The molecule has 2 aromatic carbocycles. The Morgan fingerprint density at radius 2 is 1.83 bits per heavy atom. The SMILES string of the molecule is Cc1cc(C)c(C)c(O[C@@H](C)C(=O)Nc2ccc(F)cc2F)c1. The molecule has 1 amide bonds. The molecule has 0 heterocycles. The van der Waals surface area contributed by atoms with Crippen LogP contribution in [0.5, 0.6) is 5.75 Å². The van der Waals surface area contributed by atoms with Crippen molar-refractivity contribution >= 4 is 11.6 Å². The molecular weight excluding hydrogens is 300 g/mol. The molecule has 23 heavy (non-hydrogen) atoms. The van der Waals surface area contributed by atoms with Crippen LogP contribution in [-0.2, 0) is 4.79 Å². The molecule has 0 spiro atoms. The topological polar surface area (TPSA) is 38.3 Å². The number of amides is 1. The number of carbonyl (C=O) groups is 1. The van der Waals surface area contributed by atoms with E-state index in [1.54, 1.807) is 6.92 Å². The first kappa shape index (κ1) is 16.9. The third kappa shape index (κ3) is 4.06. The van der Waals surface area contributed by atoms with Crippen molar-refractivity contribution in [3.8, 4) is 5.75 Å². The smallest absolute Gasteiger partial charge is 0.265 e. The molecule has 0 bridgehead atoms. The maximum Gasteiger partial charge on any atom is 0.265 e. The average Bonchev–Trinajstić information content (AvgIpc) is 2.47. The lowest BCUT2D eigenvalue weighted by atomic mass is 10.1. The van der Waals surface area contributed by atoms with Gasteiger partial charge in [-0.15, -0.1) is 0 Å². The van der Waals surface area contributed by atoms with Crippen LogP contribution >= 0.6 is 0 Å². The van der Waals surface area contributed by atoms with Crippen LogP contribution in [0.4, 0.5) is 14.5 Å². The summed E-state index contributed by atoms with van der Waals surface area (Å²) in [5.74, 6) is -1.41. The highest BCUT2D eigenvalue weighted by atomic mass is 19.1. The fourth-order valence-corrected chi connectivity index (χ4v) is 2.19. The predicted octanol–water partition coefficient (Wildman–Crippen LogP) is 4.30. The molecule has 0 fully saturated rings. The summed E-state index contributed by atoms with van der Waals surface area (Å²) in [5.41, 5.74) is 2.96. The number of ether oxygens (including phenoxy) is 1. The number of aryl methyl sites for hydroxylation is 2. The van der Waals surface area contributed by atoms with Crippen molar-refractivity contribution in [2.75, 3.05) is 5.32 Å². The summed E-state index contributed by atoms with van der Waals surface area (Å²) in [6, 6.07) is 6.86. The standard InChI is InChI=1S/C18H19F2NO2/c1-10-7-11(2)12(3)17(8-10)23-13(4)18(22)21-16-6-5-14(19)9-15(16)20/h5-9,13H,1-4H3,(H,21,22)/t13-/m0/s1.